The van der Waals surface area contributed by atoms with E-state index in [4.69, 9.17) is 9.72 Å². The fourth-order valence-corrected chi connectivity index (χ4v) is 6.45. The van der Waals surface area contributed by atoms with Crippen molar-refractivity contribution in [1.82, 2.24) is 34.2 Å². The minimum absolute atomic E-state index is 0.0190. The van der Waals surface area contributed by atoms with Crippen molar-refractivity contribution in [3.8, 4) is 0 Å². The van der Waals surface area contributed by atoms with Crippen molar-refractivity contribution in [2.45, 2.75) is 63.6 Å². The predicted octanol–water partition coefficient (Wildman–Crippen LogP) is 3.83. The number of carbonyl (C=O) groups is 3. The molecule has 3 aromatic rings. The van der Waals surface area contributed by atoms with Crippen LogP contribution in [-0.2, 0) is 4.74 Å². The largest absolute Gasteiger partial charge is 0.450 e. The summed E-state index contributed by atoms with van der Waals surface area (Å²) in [4.78, 5) is 57.5. The Kier molecular flexibility index (Phi) is 7.22. The van der Waals surface area contributed by atoms with Crippen molar-refractivity contribution < 1.29 is 19.1 Å². The van der Waals surface area contributed by atoms with Crippen LogP contribution in [0.5, 0.6) is 0 Å². The van der Waals surface area contributed by atoms with Gasteiger partial charge in [-0.05, 0) is 50.8 Å². The lowest BCUT2D eigenvalue weighted by Crippen LogP contribution is -2.57. The summed E-state index contributed by atoms with van der Waals surface area (Å²) in [6, 6.07) is 5.54. The number of rotatable bonds is 6. The normalized spacial score (nSPS) is 20.5. The second-order valence-electron chi connectivity index (χ2n) is 11.3. The molecule has 12 heteroatoms. The molecule has 3 fully saturated rings. The van der Waals surface area contributed by atoms with Gasteiger partial charge >= 0.3 is 6.09 Å². The summed E-state index contributed by atoms with van der Waals surface area (Å²) in [5, 5.41) is 3.97. The van der Waals surface area contributed by atoms with Gasteiger partial charge in [0, 0.05) is 51.0 Å². The highest BCUT2D eigenvalue weighted by Crippen LogP contribution is 2.35. The first-order chi connectivity index (χ1) is 19.8. The summed E-state index contributed by atoms with van der Waals surface area (Å²) in [5.74, 6) is 0.727. The van der Waals surface area contributed by atoms with Crippen LogP contribution in [0.25, 0.3) is 11.0 Å². The molecular weight excluding hydrogens is 524 g/mol. The molecule has 0 spiro atoms. The SMILES string of the molecule is CCOC(=O)N1C2CCC1CN(C(=O)c1ccc(Nc3ncc4cc(C(=O)N(C)C)n(C5CCCC5)c4n3)nc1)C2. The average Bonchev–Trinajstić information content (AvgIpc) is 3.69. The van der Waals surface area contributed by atoms with Gasteiger partial charge in [-0.15, -0.1) is 0 Å². The summed E-state index contributed by atoms with van der Waals surface area (Å²) >= 11 is 0. The van der Waals surface area contributed by atoms with E-state index in [0.29, 0.717) is 42.7 Å². The van der Waals surface area contributed by atoms with Crippen molar-refractivity contribution in [3.05, 3.63) is 41.9 Å². The predicted molar refractivity (Wildman–Crippen MR) is 152 cm³/mol. The van der Waals surface area contributed by atoms with E-state index in [-0.39, 0.29) is 36.0 Å². The third-order valence-corrected chi connectivity index (χ3v) is 8.39. The van der Waals surface area contributed by atoms with E-state index in [1.807, 2.05) is 11.0 Å². The fraction of sp³-hybridized carbons (Fsp3) is 0.517. The zero-order valence-electron chi connectivity index (χ0n) is 23.7. The molecule has 2 saturated heterocycles. The number of nitrogens with zero attached hydrogens (tertiary/aromatic N) is 7. The van der Waals surface area contributed by atoms with E-state index in [0.717, 1.165) is 49.6 Å². The number of pyridine rings is 1. The number of fused-ring (bicyclic) bond motifs is 3. The highest BCUT2D eigenvalue weighted by Gasteiger charge is 2.44. The van der Waals surface area contributed by atoms with Crippen molar-refractivity contribution in [1.29, 1.82) is 0 Å². The van der Waals surface area contributed by atoms with Crippen LogP contribution in [0.4, 0.5) is 16.6 Å². The third-order valence-electron chi connectivity index (χ3n) is 8.39. The second kappa shape index (κ2) is 11.0. The Balaban J connectivity index is 1.17. The smallest absolute Gasteiger partial charge is 0.410 e. The van der Waals surface area contributed by atoms with Crippen molar-refractivity contribution in [2.75, 3.05) is 39.1 Å². The number of likely N-dealkylation sites (tertiary alicyclic amines) is 1. The minimum Gasteiger partial charge on any atom is -0.450 e. The summed E-state index contributed by atoms with van der Waals surface area (Å²) < 4.78 is 7.29. The molecular formula is C29H36N8O4. The molecule has 216 valence electrons. The molecule has 0 aromatic carbocycles. The fourth-order valence-electron chi connectivity index (χ4n) is 6.45. The molecule has 1 aliphatic carbocycles. The summed E-state index contributed by atoms with van der Waals surface area (Å²) in [6.07, 6.45) is 9.02. The highest BCUT2D eigenvalue weighted by atomic mass is 16.6. The van der Waals surface area contributed by atoms with E-state index in [1.165, 1.54) is 0 Å². The lowest BCUT2D eigenvalue weighted by Gasteiger charge is -2.40. The molecule has 3 amide bonds. The van der Waals surface area contributed by atoms with E-state index < -0.39 is 0 Å². The molecule has 41 heavy (non-hydrogen) atoms. The first-order valence-corrected chi connectivity index (χ1v) is 14.4. The number of aromatic nitrogens is 4. The van der Waals surface area contributed by atoms with Crippen LogP contribution in [0.3, 0.4) is 0 Å². The Hall–Kier alpha value is -4.22. The van der Waals surface area contributed by atoms with Crippen LogP contribution < -0.4 is 5.32 Å². The zero-order valence-corrected chi connectivity index (χ0v) is 23.7. The van der Waals surface area contributed by atoms with Gasteiger partial charge in [0.2, 0.25) is 5.95 Å². The number of nitrogens with one attached hydrogen (secondary N) is 1. The number of hydrogen-bond acceptors (Lipinski definition) is 8. The summed E-state index contributed by atoms with van der Waals surface area (Å²) in [7, 11) is 3.51. The minimum atomic E-state index is -0.291. The molecule has 6 rings (SSSR count). The van der Waals surface area contributed by atoms with Gasteiger partial charge < -0.3 is 24.4 Å². The summed E-state index contributed by atoms with van der Waals surface area (Å²) in [5.41, 5.74) is 1.83. The third kappa shape index (κ3) is 5.07. The molecule has 1 saturated carbocycles. The summed E-state index contributed by atoms with van der Waals surface area (Å²) in [6.45, 7) is 3.11. The molecule has 3 aromatic heterocycles. The Labute approximate surface area is 238 Å². The van der Waals surface area contributed by atoms with Gasteiger partial charge in [0.05, 0.1) is 24.3 Å². The topological polar surface area (TPSA) is 126 Å². The number of hydrogen-bond donors (Lipinski definition) is 1. The maximum atomic E-state index is 13.3. The molecule has 12 nitrogen and oxygen atoms in total. The van der Waals surface area contributed by atoms with Gasteiger partial charge in [0.15, 0.2) is 0 Å². The van der Waals surface area contributed by atoms with Gasteiger partial charge in [-0.1, -0.05) is 12.8 Å². The Morgan fingerprint density at radius 3 is 2.37 bits per heavy atom. The van der Waals surface area contributed by atoms with Crippen LogP contribution >= 0.6 is 0 Å². The van der Waals surface area contributed by atoms with E-state index in [2.05, 4.69) is 19.9 Å². The number of amides is 3. The quantitative estimate of drug-likeness (QED) is 0.482. The highest BCUT2D eigenvalue weighted by molar-refractivity contribution is 5.98. The Morgan fingerprint density at radius 2 is 1.73 bits per heavy atom. The molecule has 5 heterocycles. The first kappa shape index (κ1) is 27.0. The maximum Gasteiger partial charge on any atom is 0.410 e. The van der Waals surface area contributed by atoms with Crippen molar-refractivity contribution >= 4 is 40.7 Å². The van der Waals surface area contributed by atoms with Crippen molar-refractivity contribution in [2.24, 2.45) is 0 Å². The van der Waals surface area contributed by atoms with Crippen LogP contribution in [0.2, 0.25) is 0 Å². The van der Waals surface area contributed by atoms with Crippen LogP contribution in [0.1, 0.15) is 72.3 Å². The average molecular weight is 561 g/mol. The molecule has 1 N–H and O–H groups in total. The van der Waals surface area contributed by atoms with Gasteiger partial charge in [-0.3, -0.25) is 14.5 Å². The van der Waals surface area contributed by atoms with Crippen molar-refractivity contribution in [3.63, 3.8) is 0 Å². The number of piperazine rings is 1. The lowest BCUT2D eigenvalue weighted by molar-refractivity contribution is 0.0357. The van der Waals surface area contributed by atoms with Gasteiger partial charge in [-0.2, -0.15) is 4.98 Å². The zero-order chi connectivity index (χ0) is 28.7. The molecule has 3 aliphatic rings. The maximum absolute atomic E-state index is 13.3. The van der Waals surface area contributed by atoms with Crippen LogP contribution in [0.15, 0.2) is 30.6 Å². The van der Waals surface area contributed by atoms with Crippen LogP contribution in [0, 0.1) is 0 Å². The standard InChI is InChI=1S/C29H36N8O4/c1-4-41-29(40)36-21-10-11-22(36)17-35(16-21)26(38)18-9-12-24(30-14-18)32-28-31-15-19-13-23(27(39)34(2)3)37(25(19)33-28)20-7-5-6-8-20/h9,12-15,20-22H,4-8,10-11,16-17H2,1-3H3,(H,30,31,32,33). The molecule has 2 unspecified atom stereocenters. The molecule has 2 bridgehead atoms. The lowest BCUT2D eigenvalue weighted by atomic mass is 10.1. The second-order valence-corrected chi connectivity index (χ2v) is 11.3. The van der Waals surface area contributed by atoms with Gasteiger partial charge in [0.25, 0.3) is 11.8 Å². The van der Waals surface area contributed by atoms with Gasteiger partial charge in [0.1, 0.15) is 17.2 Å². The van der Waals surface area contributed by atoms with E-state index in [9.17, 15) is 14.4 Å². The number of carbonyl (C=O) groups excluding carboxylic acids is 3. The van der Waals surface area contributed by atoms with Crippen LogP contribution in [-0.4, -0.2) is 98.0 Å². The Bertz CT molecular complexity index is 1450. The van der Waals surface area contributed by atoms with E-state index in [1.54, 1.807) is 55.3 Å². The molecule has 2 aliphatic heterocycles. The Morgan fingerprint density at radius 1 is 1.00 bits per heavy atom. The first-order valence-electron chi connectivity index (χ1n) is 14.4. The number of anilines is 2. The van der Waals surface area contributed by atoms with Gasteiger partial charge in [-0.25, -0.2) is 14.8 Å². The monoisotopic (exact) mass is 560 g/mol. The molecule has 2 atom stereocenters. The van der Waals surface area contributed by atoms with E-state index >= 15 is 0 Å². The molecule has 0 radical (unpaired) electrons. The number of ether oxygens (including phenoxy) is 1.